The molecule has 0 saturated heterocycles. The molecule has 0 radical (unpaired) electrons. The second-order valence-corrected chi connectivity index (χ2v) is 6.32. The van der Waals surface area contributed by atoms with E-state index in [0.717, 1.165) is 11.1 Å². The first-order chi connectivity index (χ1) is 12.5. The normalized spacial score (nSPS) is 10.6. The minimum absolute atomic E-state index is 0.137. The third-order valence-corrected chi connectivity index (χ3v) is 4.25. The van der Waals surface area contributed by atoms with E-state index < -0.39 is 0 Å². The first-order valence-corrected chi connectivity index (χ1v) is 8.65. The average molecular weight is 371 g/mol. The van der Waals surface area contributed by atoms with Gasteiger partial charge in [0.15, 0.2) is 5.75 Å². The van der Waals surface area contributed by atoms with Gasteiger partial charge in [0, 0.05) is 12.0 Å². The molecule has 134 valence electrons. The summed E-state index contributed by atoms with van der Waals surface area (Å²) in [6, 6.07) is 15.1. The van der Waals surface area contributed by atoms with Crippen LogP contribution in [0.2, 0.25) is 5.22 Å². The van der Waals surface area contributed by atoms with Crippen molar-refractivity contribution in [2.24, 2.45) is 0 Å². The Kier molecular flexibility index (Phi) is 5.58. The maximum Gasteiger partial charge on any atom is 0.229 e. The van der Waals surface area contributed by atoms with Crippen molar-refractivity contribution in [1.82, 2.24) is 5.16 Å². The molecule has 0 aliphatic rings. The van der Waals surface area contributed by atoms with Gasteiger partial charge in [-0.15, -0.1) is 0 Å². The fourth-order valence-electron chi connectivity index (χ4n) is 2.48. The van der Waals surface area contributed by atoms with Gasteiger partial charge in [-0.05, 0) is 56.1 Å². The van der Waals surface area contributed by atoms with E-state index in [1.54, 1.807) is 13.0 Å². The predicted molar refractivity (Wildman–Crippen MR) is 101 cm³/mol. The van der Waals surface area contributed by atoms with Gasteiger partial charge in [-0.1, -0.05) is 35.0 Å². The standard InChI is InChI=1S/C20H19ClN2O3/c1-13-7-9-15(10-8-13)25-18-6-4-3-5-17(18)22-19(24)12-11-16-14(2)23-26-20(16)21/h3-10H,11-12H2,1-2H3,(H,22,24). The number of carbonyl (C=O) groups excluding carboxylic acids is 1. The van der Waals surface area contributed by atoms with Crippen LogP contribution in [0.15, 0.2) is 53.1 Å². The number of anilines is 1. The largest absolute Gasteiger partial charge is 0.455 e. The molecule has 0 bridgehead atoms. The fraction of sp³-hybridized carbons (Fsp3) is 0.200. The van der Waals surface area contributed by atoms with Crippen molar-refractivity contribution < 1.29 is 14.1 Å². The van der Waals surface area contributed by atoms with Crippen LogP contribution in [0, 0.1) is 13.8 Å². The molecule has 0 aliphatic carbocycles. The second kappa shape index (κ2) is 8.06. The minimum Gasteiger partial charge on any atom is -0.455 e. The molecule has 26 heavy (non-hydrogen) atoms. The van der Waals surface area contributed by atoms with E-state index in [1.165, 1.54) is 0 Å². The molecule has 1 N–H and O–H groups in total. The van der Waals surface area contributed by atoms with Crippen LogP contribution in [0.5, 0.6) is 11.5 Å². The Morgan fingerprint density at radius 2 is 1.88 bits per heavy atom. The Morgan fingerprint density at radius 1 is 1.15 bits per heavy atom. The van der Waals surface area contributed by atoms with Gasteiger partial charge in [0.1, 0.15) is 5.75 Å². The number of aryl methyl sites for hydroxylation is 2. The number of rotatable bonds is 6. The summed E-state index contributed by atoms with van der Waals surface area (Å²) in [6.07, 6.45) is 0.724. The number of aromatic nitrogens is 1. The van der Waals surface area contributed by atoms with Crippen LogP contribution in [0.1, 0.15) is 23.2 Å². The number of hydrogen-bond donors (Lipinski definition) is 1. The number of para-hydroxylation sites is 2. The number of nitrogens with one attached hydrogen (secondary N) is 1. The van der Waals surface area contributed by atoms with E-state index in [-0.39, 0.29) is 17.5 Å². The van der Waals surface area contributed by atoms with E-state index in [9.17, 15) is 4.79 Å². The van der Waals surface area contributed by atoms with Gasteiger partial charge >= 0.3 is 0 Å². The Labute approximate surface area is 156 Å². The van der Waals surface area contributed by atoms with Crippen molar-refractivity contribution in [2.45, 2.75) is 26.7 Å². The van der Waals surface area contributed by atoms with Crippen LogP contribution in [0.3, 0.4) is 0 Å². The van der Waals surface area contributed by atoms with Crippen molar-refractivity contribution in [1.29, 1.82) is 0 Å². The molecule has 6 heteroatoms. The lowest BCUT2D eigenvalue weighted by atomic mass is 10.1. The van der Waals surface area contributed by atoms with Gasteiger partial charge in [-0.2, -0.15) is 0 Å². The third kappa shape index (κ3) is 4.43. The van der Waals surface area contributed by atoms with Gasteiger partial charge in [0.2, 0.25) is 11.1 Å². The summed E-state index contributed by atoms with van der Waals surface area (Å²) in [5.74, 6) is 1.16. The second-order valence-electron chi connectivity index (χ2n) is 5.98. The van der Waals surface area contributed by atoms with Crippen molar-refractivity contribution in [2.75, 3.05) is 5.32 Å². The van der Waals surface area contributed by atoms with Crippen molar-refractivity contribution >= 4 is 23.2 Å². The first kappa shape index (κ1) is 18.0. The molecular formula is C20H19ClN2O3. The number of halogens is 1. The van der Waals surface area contributed by atoms with E-state index in [2.05, 4.69) is 10.5 Å². The zero-order valence-electron chi connectivity index (χ0n) is 14.6. The lowest BCUT2D eigenvalue weighted by Crippen LogP contribution is -2.13. The van der Waals surface area contributed by atoms with Gasteiger partial charge in [-0.3, -0.25) is 4.79 Å². The van der Waals surface area contributed by atoms with Crippen LogP contribution < -0.4 is 10.1 Å². The Hall–Kier alpha value is -2.79. The zero-order valence-corrected chi connectivity index (χ0v) is 15.3. The Morgan fingerprint density at radius 3 is 2.58 bits per heavy atom. The van der Waals surface area contributed by atoms with Gasteiger partial charge in [-0.25, -0.2) is 0 Å². The lowest BCUT2D eigenvalue weighted by Gasteiger charge is -2.12. The fourth-order valence-corrected chi connectivity index (χ4v) is 2.75. The third-order valence-electron chi connectivity index (χ3n) is 3.95. The molecule has 0 saturated carbocycles. The molecule has 1 amide bonds. The maximum absolute atomic E-state index is 12.3. The lowest BCUT2D eigenvalue weighted by molar-refractivity contribution is -0.116. The SMILES string of the molecule is Cc1ccc(Oc2ccccc2NC(=O)CCc2c(C)noc2Cl)cc1. The summed E-state index contributed by atoms with van der Waals surface area (Å²) in [6.45, 7) is 3.81. The molecule has 5 nitrogen and oxygen atoms in total. The van der Waals surface area contributed by atoms with Crippen molar-refractivity contribution in [3.05, 3.63) is 70.6 Å². The summed E-state index contributed by atoms with van der Waals surface area (Å²) in [4.78, 5) is 12.3. The van der Waals surface area contributed by atoms with Gasteiger partial charge in [0.05, 0.1) is 11.4 Å². The highest BCUT2D eigenvalue weighted by atomic mass is 35.5. The summed E-state index contributed by atoms with van der Waals surface area (Å²) in [7, 11) is 0. The summed E-state index contributed by atoms with van der Waals surface area (Å²) in [5.41, 5.74) is 3.23. The van der Waals surface area contributed by atoms with Crippen molar-refractivity contribution in [3.63, 3.8) is 0 Å². The molecule has 0 fully saturated rings. The summed E-state index contributed by atoms with van der Waals surface area (Å²) < 4.78 is 10.8. The number of carbonyl (C=O) groups is 1. The van der Waals surface area contributed by atoms with E-state index in [1.807, 2.05) is 49.4 Å². The van der Waals surface area contributed by atoms with E-state index >= 15 is 0 Å². The van der Waals surface area contributed by atoms with Crippen LogP contribution in [0.4, 0.5) is 5.69 Å². The number of amides is 1. The van der Waals surface area contributed by atoms with E-state index in [0.29, 0.717) is 29.3 Å². The highest BCUT2D eigenvalue weighted by molar-refractivity contribution is 6.29. The zero-order chi connectivity index (χ0) is 18.5. The quantitative estimate of drug-likeness (QED) is 0.638. The van der Waals surface area contributed by atoms with Crippen LogP contribution >= 0.6 is 11.6 Å². The van der Waals surface area contributed by atoms with E-state index in [4.69, 9.17) is 20.9 Å². The molecule has 0 spiro atoms. The summed E-state index contributed by atoms with van der Waals surface area (Å²) >= 11 is 5.93. The van der Waals surface area contributed by atoms with Crippen molar-refractivity contribution in [3.8, 4) is 11.5 Å². The topological polar surface area (TPSA) is 64.4 Å². The minimum atomic E-state index is -0.137. The number of nitrogens with zero attached hydrogens (tertiary/aromatic N) is 1. The Bertz CT molecular complexity index is 884. The first-order valence-electron chi connectivity index (χ1n) is 8.27. The molecule has 0 unspecified atom stereocenters. The van der Waals surface area contributed by atoms with Gasteiger partial charge < -0.3 is 14.6 Å². The van der Waals surface area contributed by atoms with Crippen LogP contribution in [0.25, 0.3) is 0 Å². The maximum atomic E-state index is 12.3. The highest BCUT2D eigenvalue weighted by Crippen LogP contribution is 2.29. The number of ether oxygens (including phenoxy) is 1. The molecule has 3 aromatic rings. The molecule has 1 aromatic heterocycles. The monoisotopic (exact) mass is 370 g/mol. The number of hydrogen-bond acceptors (Lipinski definition) is 4. The highest BCUT2D eigenvalue weighted by Gasteiger charge is 2.14. The smallest absolute Gasteiger partial charge is 0.229 e. The molecule has 0 aliphatic heterocycles. The predicted octanol–water partition coefficient (Wildman–Crippen LogP) is 5.31. The van der Waals surface area contributed by atoms with Crippen LogP contribution in [-0.4, -0.2) is 11.1 Å². The molecule has 3 rings (SSSR count). The summed E-state index contributed by atoms with van der Waals surface area (Å²) in [5, 5.41) is 6.91. The molecule has 0 atom stereocenters. The molecule has 1 heterocycles. The number of benzene rings is 2. The van der Waals surface area contributed by atoms with Crippen LogP contribution in [-0.2, 0) is 11.2 Å². The molecular weight excluding hydrogens is 352 g/mol. The Balaban J connectivity index is 1.66. The molecule has 2 aromatic carbocycles. The van der Waals surface area contributed by atoms with Gasteiger partial charge in [0.25, 0.3) is 0 Å². The average Bonchev–Trinajstić information content (AvgIpc) is 2.95.